The molecule has 0 unspecified atom stereocenters. The van der Waals surface area contributed by atoms with E-state index in [4.69, 9.17) is 20.0 Å². The van der Waals surface area contributed by atoms with Crippen LogP contribution in [0.5, 0.6) is 5.75 Å². The van der Waals surface area contributed by atoms with Crippen molar-refractivity contribution in [1.29, 1.82) is 0 Å². The van der Waals surface area contributed by atoms with Crippen molar-refractivity contribution >= 4 is 17.7 Å². The number of benzene rings is 1. The fraction of sp³-hybridized carbons (Fsp3) is 0.412. The van der Waals surface area contributed by atoms with E-state index in [9.17, 15) is 9.59 Å². The van der Waals surface area contributed by atoms with E-state index in [0.29, 0.717) is 5.69 Å². The maximum Gasteiger partial charge on any atom is 0.415 e. The first-order valence-electron chi connectivity index (χ1n) is 8.32. The highest BCUT2D eigenvalue weighted by molar-refractivity contribution is 5.97. The van der Waals surface area contributed by atoms with Gasteiger partial charge in [0.25, 0.3) is 5.91 Å². The zero-order valence-corrected chi connectivity index (χ0v) is 13.6. The van der Waals surface area contributed by atoms with Gasteiger partial charge in [0.2, 0.25) is 0 Å². The first-order chi connectivity index (χ1) is 11.9. The van der Waals surface area contributed by atoms with Crippen molar-refractivity contribution in [2.24, 2.45) is 0 Å². The van der Waals surface area contributed by atoms with Crippen LogP contribution in [0, 0.1) is 12.3 Å². The quantitative estimate of drug-likeness (QED) is 0.865. The Hall–Kier alpha value is -2.68. The molecule has 6 nitrogen and oxygen atoms in total. The lowest BCUT2D eigenvalue weighted by Gasteiger charge is -2.27. The number of nitrogens with one attached hydrogen (secondary N) is 1. The van der Waals surface area contributed by atoms with E-state index < -0.39 is 24.6 Å². The van der Waals surface area contributed by atoms with Gasteiger partial charge in [-0.2, -0.15) is 0 Å². The van der Waals surface area contributed by atoms with Crippen LogP contribution in [-0.2, 0) is 4.74 Å². The SMILES string of the molecule is [2H]C([2H])([2H])NC(=O)c1ccc(N(CC#C)C(=O)OC(C)(C)C)c(OC)c1. The second-order valence-electron chi connectivity index (χ2n) is 5.61. The molecule has 0 bridgehead atoms. The third kappa shape index (κ3) is 4.92. The predicted octanol–water partition coefficient (Wildman–Crippen LogP) is 2.43. The largest absolute Gasteiger partial charge is 0.495 e. The molecule has 0 radical (unpaired) electrons. The molecule has 1 aromatic rings. The average molecular weight is 321 g/mol. The molecule has 1 N–H and O–H groups in total. The third-order valence-electron chi connectivity index (χ3n) is 2.71. The van der Waals surface area contributed by atoms with E-state index in [1.54, 1.807) is 20.8 Å². The Balaban J connectivity index is 3.23. The number of ether oxygens (including phenoxy) is 2. The Morgan fingerprint density at radius 1 is 1.43 bits per heavy atom. The van der Waals surface area contributed by atoms with Crippen LogP contribution < -0.4 is 15.0 Å². The van der Waals surface area contributed by atoms with Crippen LogP contribution in [0.1, 0.15) is 35.2 Å². The second kappa shape index (κ2) is 7.54. The van der Waals surface area contributed by atoms with Gasteiger partial charge in [0.05, 0.1) is 19.3 Å². The van der Waals surface area contributed by atoms with Gasteiger partial charge in [-0.25, -0.2) is 4.79 Å². The monoisotopic (exact) mass is 321 g/mol. The van der Waals surface area contributed by atoms with Crippen LogP contribution in [0.25, 0.3) is 0 Å². The minimum Gasteiger partial charge on any atom is -0.495 e. The molecular formula is C17H22N2O4. The predicted molar refractivity (Wildman–Crippen MR) is 88.8 cm³/mol. The van der Waals surface area contributed by atoms with Gasteiger partial charge in [-0.3, -0.25) is 9.69 Å². The Morgan fingerprint density at radius 3 is 2.65 bits per heavy atom. The van der Waals surface area contributed by atoms with Crippen molar-refractivity contribution in [3.8, 4) is 18.1 Å². The Kier molecular flexibility index (Phi) is 4.57. The molecule has 0 aliphatic heterocycles. The number of carbonyl (C=O) groups is 2. The van der Waals surface area contributed by atoms with Gasteiger partial charge < -0.3 is 14.8 Å². The highest BCUT2D eigenvalue weighted by Crippen LogP contribution is 2.30. The molecule has 2 amide bonds. The highest BCUT2D eigenvalue weighted by atomic mass is 16.6. The summed E-state index contributed by atoms with van der Waals surface area (Å²) < 4.78 is 31.8. The smallest absolute Gasteiger partial charge is 0.415 e. The number of carbonyl (C=O) groups excluding carboxylic acids is 2. The fourth-order valence-electron chi connectivity index (χ4n) is 1.77. The summed E-state index contributed by atoms with van der Waals surface area (Å²) in [5, 5.41) is 1.88. The zero-order chi connectivity index (χ0) is 20.1. The summed E-state index contributed by atoms with van der Waals surface area (Å²) in [6, 6.07) is 4.13. The lowest BCUT2D eigenvalue weighted by atomic mass is 10.1. The van der Waals surface area contributed by atoms with Crippen molar-refractivity contribution in [3.05, 3.63) is 23.8 Å². The standard InChI is InChI=1S/C17H22N2O4/c1-7-10-19(16(21)23-17(2,3)4)13-9-8-12(15(20)18-5)11-14(13)22-6/h1,8-9,11H,10H2,2-6H3,(H,18,20)/i5D3. The average Bonchev–Trinajstić information content (AvgIpc) is 2.48. The molecule has 0 heterocycles. The maximum absolute atomic E-state index is 12.4. The van der Waals surface area contributed by atoms with Gasteiger partial charge in [0.1, 0.15) is 11.4 Å². The highest BCUT2D eigenvalue weighted by Gasteiger charge is 2.25. The summed E-state index contributed by atoms with van der Waals surface area (Å²) in [4.78, 5) is 25.6. The van der Waals surface area contributed by atoms with Crippen LogP contribution in [0.2, 0.25) is 0 Å². The van der Waals surface area contributed by atoms with E-state index in [2.05, 4.69) is 5.92 Å². The van der Waals surface area contributed by atoms with Crippen molar-refractivity contribution in [3.63, 3.8) is 0 Å². The van der Waals surface area contributed by atoms with E-state index in [1.165, 1.54) is 30.2 Å². The Labute approximate surface area is 141 Å². The molecule has 0 saturated carbocycles. The van der Waals surface area contributed by atoms with Gasteiger partial charge in [-0.15, -0.1) is 6.42 Å². The van der Waals surface area contributed by atoms with Crippen LogP contribution >= 0.6 is 0 Å². The first-order valence-corrected chi connectivity index (χ1v) is 6.82. The van der Waals surface area contributed by atoms with Crippen molar-refractivity contribution in [2.75, 3.05) is 25.5 Å². The van der Waals surface area contributed by atoms with E-state index >= 15 is 0 Å². The second-order valence-corrected chi connectivity index (χ2v) is 5.61. The molecular weight excluding hydrogens is 296 g/mol. The van der Waals surface area contributed by atoms with Crippen molar-refractivity contribution < 1.29 is 23.2 Å². The van der Waals surface area contributed by atoms with E-state index in [-0.39, 0.29) is 17.9 Å². The molecule has 0 aliphatic carbocycles. The summed E-state index contributed by atoms with van der Waals surface area (Å²) in [6.07, 6.45) is 4.67. The molecule has 0 saturated heterocycles. The number of methoxy groups -OCH3 is 1. The van der Waals surface area contributed by atoms with Gasteiger partial charge in [-0.1, -0.05) is 5.92 Å². The Morgan fingerprint density at radius 2 is 2.13 bits per heavy atom. The Bertz CT molecular complexity index is 718. The number of terminal acetylenes is 1. The molecule has 0 spiro atoms. The number of rotatable bonds is 4. The van der Waals surface area contributed by atoms with Crippen LogP contribution in [0.4, 0.5) is 10.5 Å². The first kappa shape index (κ1) is 13.9. The molecule has 6 heteroatoms. The molecule has 124 valence electrons. The molecule has 1 aromatic carbocycles. The topological polar surface area (TPSA) is 67.9 Å². The van der Waals surface area contributed by atoms with Crippen LogP contribution in [0.3, 0.4) is 0 Å². The van der Waals surface area contributed by atoms with Crippen LogP contribution in [0.15, 0.2) is 18.2 Å². The van der Waals surface area contributed by atoms with Crippen LogP contribution in [-0.4, -0.2) is 38.2 Å². The summed E-state index contributed by atoms with van der Waals surface area (Å²) in [5.41, 5.74) is -0.367. The van der Waals surface area contributed by atoms with Gasteiger partial charge in [0.15, 0.2) is 0 Å². The normalized spacial score (nSPS) is 12.9. The van der Waals surface area contributed by atoms with Gasteiger partial charge in [-0.05, 0) is 39.0 Å². The number of anilines is 1. The van der Waals surface area contributed by atoms with Crippen molar-refractivity contribution in [2.45, 2.75) is 26.4 Å². The maximum atomic E-state index is 12.4. The fourth-order valence-corrected chi connectivity index (χ4v) is 1.77. The van der Waals surface area contributed by atoms with Gasteiger partial charge in [0, 0.05) is 16.7 Å². The zero-order valence-electron chi connectivity index (χ0n) is 16.6. The summed E-state index contributed by atoms with van der Waals surface area (Å²) in [5.74, 6) is 1.74. The molecule has 1 rings (SSSR count). The summed E-state index contributed by atoms with van der Waals surface area (Å²) in [6.45, 7) is 2.47. The number of nitrogens with zero attached hydrogens (tertiary/aromatic N) is 1. The lowest BCUT2D eigenvalue weighted by molar-refractivity contribution is 0.0584. The summed E-state index contributed by atoms with van der Waals surface area (Å²) >= 11 is 0. The molecule has 0 aromatic heterocycles. The lowest BCUT2D eigenvalue weighted by Crippen LogP contribution is -2.37. The van der Waals surface area contributed by atoms with E-state index in [1.807, 2.05) is 5.32 Å². The molecule has 0 aliphatic rings. The molecule has 0 fully saturated rings. The molecule has 23 heavy (non-hydrogen) atoms. The molecule has 0 atom stereocenters. The third-order valence-corrected chi connectivity index (χ3v) is 2.71. The van der Waals surface area contributed by atoms with Crippen molar-refractivity contribution in [1.82, 2.24) is 5.32 Å². The van der Waals surface area contributed by atoms with E-state index in [0.717, 1.165) is 0 Å². The minimum absolute atomic E-state index is 0.0616. The number of hydrogen-bond donors (Lipinski definition) is 1. The van der Waals surface area contributed by atoms with Gasteiger partial charge >= 0.3 is 6.09 Å². The number of hydrogen-bond acceptors (Lipinski definition) is 4. The summed E-state index contributed by atoms with van der Waals surface area (Å²) in [7, 11) is 1.35. The minimum atomic E-state index is -2.62. The number of amides is 2.